The number of aromatic hydroxyl groups is 1. The Kier molecular flexibility index (Phi) is 4.66. The second-order valence-electron chi connectivity index (χ2n) is 7.56. The highest BCUT2D eigenvalue weighted by Gasteiger charge is 2.22. The van der Waals surface area contributed by atoms with Crippen LogP contribution in [0.15, 0.2) is 35.7 Å². The number of nitrogens with zero attached hydrogens (tertiary/aromatic N) is 3. The summed E-state index contributed by atoms with van der Waals surface area (Å²) in [6.07, 6.45) is 3.27. The summed E-state index contributed by atoms with van der Waals surface area (Å²) in [5.41, 5.74) is 1.000. The van der Waals surface area contributed by atoms with Crippen molar-refractivity contribution in [3.63, 3.8) is 0 Å². The molecular formula is C19H21N3O5S. The van der Waals surface area contributed by atoms with Crippen LogP contribution in [0.3, 0.4) is 0 Å². The van der Waals surface area contributed by atoms with Crippen LogP contribution in [0.25, 0.3) is 22.0 Å². The number of aromatic nitrogens is 3. The Balaban J connectivity index is 2.11. The van der Waals surface area contributed by atoms with Crippen molar-refractivity contribution in [3.8, 4) is 17.1 Å². The zero-order valence-corrected chi connectivity index (χ0v) is 17.0. The first-order valence-corrected chi connectivity index (χ1v) is 10.4. The van der Waals surface area contributed by atoms with Gasteiger partial charge < -0.3 is 9.84 Å². The molecule has 0 aliphatic heterocycles. The fourth-order valence-electron chi connectivity index (χ4n) is 2.69. The van der Waals surface area contributed by atoms with E-state index < -0.39 is 21.5 Å². The Hall–Kier alpha value is -2.94. The molecule has 0 saturated heterocycles. The van der Waals surface area contributed by atoms with Crippen LogP contribution in [0.4, 0.5) is 4.79 Å². The van der Waals surface area contributed by atoms with Gasteiger partial charge >= 0.3 is 6.09 Å². The molecule has 3 aromatic rings. The summed E-state index contributed by atoms with van der Waals surface area (Å²) in [5, 5.41) is 11.3. The van der Waals surface area contributed by atoms with Crippen LogP contribution in [-0.4, -0.2) is 46.0 Å². The van der Waals surface area contributed by atoms with Crippen molar-refractivity contribution in [2.24, 2.45) is 0 Å². The molecule has 2 aromatic heterocycles. The van der Waals surface area contributed by atoms with Crippen molar-refractivity contribution in [1.29, 1.82) is 0 Å². The molecule has 0 bridgehead atoms. The molecule has 28 heavy (non-hydrogen) atoms. The van der Waals surface area contributed by atoms with E-state index in [2.05, 4.69) is 9.97 Å². The zero-order chi connectivity index (χ0) is 20.9. The molecule has 2 heterocycles. The average molecular weight is 403 g/mol. The first-order valence-electron chi connectivity index (χ1n) is 8.48. The Labute approximate surface area is 162 Å². The summed E-state index contributed by atoms with van der Waals surface area (Å²) < 4.78 is 29.9. The molecular weight excluding hydrogens is 382 g/mol. The zero-order valence-electron chi connectivity index (χ0n) is 16.2. The van der Waals surface area contributed by atoms with Crippen LogP contribution in [0.5, 0.6) is 5.88 Å². The van der Waals surface area contributed by atoms with Crippen LogP contribution in [-0.2, 0) is 14.6 Å². The van der Waals surface area contributed by atoms with Crippen LogP contribution >= 0.6 is 0 Å². The molecule has 3 rings (SSSR count). The van der Waals surface area contributed by atoms with E-state index in [9.17, 15) is 18.3 Å². The summed E-state index contributed by atoms with van der Waals surface area (Å²) in [7, 11) is -3.56. The van der Waals surface area contributed by atoms with Gasteiger partial charge in [-0.25, -0.2) is 27.7 Å². The van der Waals surface area contributed by atoms with Gasteiger partial charge in [0.05, 0.1) is 5.69 Å². The Morgan fingerprint density at radius 1 is 1.25 bits per heavy atom. The smallest absolute Gasteiger partial charge is 0.421 e. The van der Waals surface area contributed by atoms with Gasteiger partial charge in [0.2, 0.25) is 20.9 Å². The highest BCUT2D eigenvalue weighted by molar-refractivity contribution is 7.90. The van der Waals surface area contributed by atoms with E-state index in [1.54, 1.807) is 45.9 Å². The highest BCUT2D eigenvalue weighted by atomic mass is 32.2. The number of rotatable bonds is 2. The largest absolute Gasteiger partial charge is 0.494 e. The minimum absolute atomic E-state index is 0.263. The van der Waals surface area contributed by atoms with Crippen LogP contribution < -0.4 is 0 Å². The summed E-state index contributed by atoms with van der Waals surface area (Å²) in [6, 6.07) is 5.10. The minimum Gasteiger partial charge on any atom is -0.494 e. The molecule has 0 radical (unpaired) electrons. The van der Waals surface area contributed by atoms with Gasteiger partial charge in [0.1, 0.15) is 5.60 Å². The van der Waals surface area contributed by atoms with E-state index in [0.29, 0.717) is 27.6 Å². The molecule has 0 atom stereocenters. The van der Waals surface area contributed by atoms with Crippen molar-refractivity contribution in [1.82, 2.24) is 14.5 Å². The van der Waals surface area contributed by atoms with Crippen molar-refractivity contribution in [2.75, 3.05) is 6.26 Å². The number of aryl methyl sites for hydroxylation is 1. The summed E-state index contributed by atoms with van der Waals surface area (Å²) in [6.45, 7) is 6.97. The SMILES string of the molecule is Cc1cnc(S(C)(=O)=O)nc1-c1ccc2cn(C(=O)OC(C)(C)C)c(O)c2c1. The third-order valence-corrected chi connectivity index (χ3v) is 4.80. The quantitative estimate of drug-likeness (QED) is 0.653. The Morgan fingerprint density at radius 2 is 1.93 bits per heavy atom. The third-order valence-electron chi connectivity index (χ3n) is 3.94. The number of fused-ring (bicyclic) bond motifs is 1. The van der Waals surface area contributed by atoms with E-state index in [-0.39, 0.29) is 11.0 Å². The van der Waals surface area contributed by atoms with Gasteiger partial charge in [-0.15, -0.1) is 0 Å². The molecule has 9 heteroatoms. The second kappa shape index (κ2) is 6.59. The fourth-order valence-corrected chi connectivity index (χ4v) is 3.19. The van der Waals surface area contributed by atoms with Crippen LogP contribution in [0.2, 0.25) is 0 Å². The summed E-state index contributed by atoms with van der Waals surface area (Å²) in [5.74, 6) is -0.263. The molecule has 1 aromatic carbocycles. The fraction of sp³-hybridized carbons (Fsp3) is 0.316. The normalized spacial score (nSPS) is 12.3. The number of hydrogen-bond donors (Lipinski definition) is 1. The molecule has 0 amide bonds. The lowest BCUT2D eigenvalue weighted by Gasteiger charge is -2.19. The standard InChI is InChI=1S/C19H21N3O5S/c1-11-9-20-17(28(5,25)26)21-15(11)12-6-7-13-10-22(16(23)14(13)8-12)18(24)27-19(2,3)4/h6-10,23H,1-5H3. The van der Waals surface area contributed by atoms with Gasteiger partial charge in [-0.3, -0.25) is 0 Å². The number of sulfone groups is 1. The van der Waals surface area contributed by atoms with Gasteiger partial charge in [0.15, 0.2) is 0 Å². The van der Waals surface area contributed by atoms with Crippen LogP contribution in [0.1, 0.15) is 26.3 Å². The lowest BCUT2D eigenvalue weighted by atomic mass is 10.1. The summed E-state index contributed by atoms with van der Waals surface area (Å²) >= 11 is 0. The number of ether oxygens (including phenoxy) is 1. The van der Waals surface area contributed by atoms with Crippen molar-refractivity contribution in [3.05, 3.63) is 36.2 Å². The lowest BCUT2D eigenvalue weighted by molar-refractivity contribution is 0.0526. The monoisotopic (exact) mass is 403 g/mol. The lowest BCUT2D eigenvalue weighted by Crippen LogP contribution is -2.26. The van der Waals surface area contributed by atoms with E-state index in [0.717, 1.165) is 10.8 Å². The number of hydrogen-bond acceptors (Lipinski definition) is 7. The highest BCUT2D eigenvalue weighted by Crippen LogP contribution is 2.32. The molecule has 0 unspecified atom stereocenters. The Morgan fingerprint density at radius 3 is 2.54 bits per heavy atom. The van der Waals surface area contributed by atoms with E-state index in [4.69, 9.17) is 4.74 Å². The molecule has 0 saturated carbocycles. The topological polar surface area (TPSA) is 111 Å². The second-order valence-corrected chi connectivity index (χ2v) is 9.47. The van der Waals surface area contributed by atoms with Gasteiger partial charge in [-0.1, -0.05) is 12.1 Å². The van der Waals surface area contributed by atoms with E-state index in [1.807, 2.05) is 0 Å². The molecule has 0 spiro atoms. The molecule has 148 valence electrons. The predicted octanol–water partition coefficient (Wildman–Crippen LogP) is 3.30. The molecule has 0 aliphatic carbocycles. The van der Waals surface area contributed by atoms with Gasteiger partial charge in [0, 0.05) is 35.0 Å². The predicted molar refractivity (Wildman–Crippen MR) is 104 cm³/mol. The van der Waals surface area contributed by atoms with Crippen LogP contribution in [0, 0.1) is 6.92 Å². The summed E-state index contributed by atoms with van der Waals surface area (Å²) in [4.78, 5) is 20.3. The van der Waals surface area contributed by atoms with Gasteiger partial charge in [0.25, 0.3) is 0 Å². The van der Waals surface area contributed by atoms with Crippen molar-refractivity contribution >= 4 is 26.7 Å². The number of benzene rings is 1. The maximum atomic E-state index is 12.3. The van der Waals surface area contributed by atoms with Crippen molar-refractivity contribution < 1.29 is 23.1 Å². The van der Waals surface area contributed by atoms with Gasteiger partial charge in [-0.05, 0) is 39.3 Å². The molecule has 0 fully saturated rings. The van der Waals surface area contributed by atoms with Crippen molar-refractivity contribution in [2.45, 2.75) is 38.5 Å². The molecule has 8 nitrogen and oxygen atoms in total. The first kappa shape index (κ1) is 19.8. The average Bonchev–Trinajstić information content (AvgIpc) is 2.89. The number of carbonyl (C=O) groups excluding carboxylic acids is 1. The van der Waals surface area contributed by atoms with E-state index in [1.165, 1.54) is 12.4 Å². The first-order chi connectivity index (χ1) is 12.9. The molecule has 0 aliphatic rings. The number of carbonyl (C=O) groups is 1. The maximum absolute atomic E-state index is 12.3. The molecule has 1 N–H and O–H groups in total. The maximum Gasteiger partial charge on any atom is 0.421 e. The minimum atomic E-state index is -3.56. The van der Waals surface area contributed by atoms with Gasteiger partial charge in [-0.2, -0.15) is 0 Å². The third kappa shape index (κ3) is 3.84. The Bertz CT molecular complexity index is 1190. The van der Waals surface area contributed by atoms with E-state index >= 15 is 0 Å².